The molecule has 3 rings (SSSR count). The molecule has 2 aromatic rings. The number of fused-ring (bicyclic) bond motifs is 1. The molecule has 0 saturated carbocycles. The lowest BCUT2D eigenvalue weighted by Gasteiger charge is -2.20. The molecule has 21 heavy (non-hydrogen) atoms. The maximum atomic E-state index is 13.2. The van der Waals surface area contributed by atoms with Gasteiger partial charge in [-0.1, -0.05) is 0 Å². The Hall–Kier alpha value is -2.04. The monoisotopic (exact) mass is 288 g/mol. The summed E-state index contributed by atoms with van der Waals surface area (Å²) in [5.41, 5.74) is 2.06. The average molecular weight is 288 g/mol. The number of rotatable bonds is 3. The van der Waals surface area contributed by atoms with Crippen molar-refractivity contribution < 1.29 is 4.39 Å². The van der Waals surface area contributed by atoms with E-state index in [0.29, 0.717) is 0 Å². The van der Waals surface area contributed by atoms with Crippen LogP contribution in [0.4, 0.5) is 4.39 Å². The molecule has 0 amide bonds. The fourth-order valence-corrected chi connectivity index (χ4v) is 2.94. The zero-order chi connectivity index (χ0) is 14.7. The number of aliphatic imine (C=N–C) groups is 1. The maximum Gasteiger partial charge on any atom is 0.193 e. The molecule has 0 aliphatic carbocycles. The van der Waals surface area contributed by atoms with Crippen LogP contribution in [0, 0.1) is 5.82 Å². The van der Waals surface area contributed by atoms with Crippen LogP contribution in [0.5, 0.6) is 0 Å². The van der Waals surface area contributed by atoms with Crippen molar-refractivity contribution >= 4 is 16.9 Å². The van der Waals surface area contributed by atoms with Gasteiger partial charge in [0.25, 0.3) is 0 Å². The van der Waals surface area contributed by atoms with E-state index in [4.69, 9.17) is 0 Å². The van der Waals surface area contributed by atoms with E-state index >= 15 is 0 Å². The van der Waals surface area contributed by atoms with Gasteiger partial charge in [0.15, 0.2) is 5.96 Å². The second-order valence-electron chi connectivity index (χ2n) is 5.42. The quantitative estimate of drug-likeness (QED) is 0.673. The van der Waals surface area contributed by atoms with Crippen LogP contribution in [-0.4, -0.2) is 42.5 Å². The lowest BCUT2D eigenvalue weighted by Crippen LogP contribution is -2.40. The van der Waals surface area contributed by atoms with Gasteiger partial charge in [-0.05, 0) is 43.0 Å². The van der Waals surface area contributed by atoms with Crippen molar-refractivity contribution in [2.45, 2.75) is 19.3 Å². The molecule has 1 aromatic carbocycles. The lowest BCUT2D eigenvalue weighted by molar-refractivity contribution is 0.494. The fraction of sp³-hybridized carbons (Fsp3) is 0.438. The van der Waals surface area contributed by atoms with Crippen molar-refractivity contribution in [3.63, 3.8) is 0 Å². The van der Waals surface area contributed by atoms with E-state index in [2.05, 4.69) is 20.2 Å². The van der Waals surface area contributed by atoms with E-state index in [1.54, 1.807) is 0 Å². The summed E-state index contributed by atoms with van der Waals surface area (Å²) in [5.74, 6) is 0.779. The SMILES string of the molecule is CN=C(NCCc1c[nH]c2cc(F)ccc12)N1CCCC1. The summed E-state index contributed by atoms with van der Waals surface area (Å²) >= 11 is 0. The summed E-state index contributed by atoms with van der Waals surface area (Å²) in [6.45, 7) is 3.01. The number of nitrogens with one attached hydrogen (secondary N) is 2. The third-order valence-corrected chi connectivity index (χ3v) is 4.02. The topological polar surface area (TPSA) is 43.4 Å². The Kier molecular flexibility index (Phi) is 4.08. The van der Waals surface area contributed by atoms with Gasteiger partial charge < -0.3 is 15.2 Å². The number of benzene rings is 1. The number of aromatic nitrogens is 1. The lowest BCUT2D eigenvalue weighted by atomic mass is 10.1. The van der Waals surface area contributed by atoms with E-state index in [1.807, 2.05) is 19.3 Å². The predicted octanol–water partition coefficient (Wildman–Crippen LogP) is 2.52. The zero-order valence-electron chi connectivity index (χ0n) is 12.3. The molecule has 0 spiro atoms. The Balaban J connectivity index is 1.61. The number of hydrogen-bond donors (Lipinski definition) is 2. The van der Waals surface area contributed by atoms with Gasteiger partial charge in [0, 0.05) is 43.8 Å². The molecule has 1 aliphatic heterocycles. The van der Waals surface area contributed by atoms with Crippen LogP contribution in [0.15, 0.2) is 29.4 Å². The molecule has 1 aliphatic rings. The highest BCUT2D eigenvalue weighted by atomic mass is 19.1. The molecular formula is C16H21FN4. The summed E-state index contributed by atoms with van der Waals surface area (Å²) in [6, 6.07) is 4.89. The summed E-state index contributed by atoms with van der Waals surface area (Å²) in [7, 11) is 1.83. The van der Waals surface area contributed by atoms with E-state index < -0.39 is 0 Å². The smallest absolute Gasteiger partial charge is 0.193 e. The number of H-pyrrole nitrogens is 1. The molecule has 0 unspecified atom stereocenters. The van der Waals surface area contributed by atoms with Gasteiger partial charge in [-0.2, -0.15) is 0 Å². The van der Waals surface area contributed by atoms with Crippen LogP contribution in [0.1, 0.15) is 18.4 Å². The summed E-state index contributed by atoms with van der Waals surface area (Å²) in [4.78, 5) is 9.76. The van der Waals surface area contributed by atoms with Gasteiger partial charge in [0.05, 0.1) is 0 Å². The summed E-state index contributed by atoms with van der Waals surface area (Å²) in [6.07, 6.45) is 5.34. The molecule has 0 atom stereocenters. The van der Waals surface area contributed by atoms with E-state index in [0.717, 1.165) is 42.9 Å². The first-order valence-electron chi connectivity index (χ1n) is 7.49. The first kappa shape index (κ1) is 13.9. The molecule has 0 radical (unpaired) electrons. The van der Waals surface area contributed by atoms with E-state index in [1.165, 1.54) is 30.5 Å². The maximum absolute atomic E-state index is 13.2. The second-order valence-corrected chi connectivity index (χ2v) is 5.42. The normalized spacial score (nSPS) is 15.9. The molecule has 5 heteroatoms. The van der Waals surface area contributed by atoms with Gasteiger partial charge in [-0.25, -0.2) is 4.39 Å². The Labute approximate surface area is 124 Å². The molecular weight excluding hydrogens is 267 g/mol. The van der Waals surface area contributed by atoms with Crippen LogP contribution < -0.4 is 5.32 Å². The summed E-state index contributed by atoms with van der Waals surface area (Å²) in [5, 5.41) is 4.51. The van der Waals surface area contributed by atoms with Crippen molar-refractivity contribution in [2.75, 3.05) is 26.7 Å². The van der Waals surface area contributed by atoms with Crippen molar-refractivity contribution in [1.82, 2.24) is 15.2 Å². The molecule has 2 heterocycles. The molecule has 1 aromatic heterocycles. The number of nitrogens with zero attached hydrogens (tertiary/aromatic N) is 2. The first-order valence-corrected chi connectivity index (χ1v) is 7.49. The van der Waals surface area contributed by atoms with Gasteiger partial charge in [-0.3, -0.25) is 4.99 Å². The molecule has 0 bridgehead atoms. The van der Waals surface area contributed by atoms with Crippen molar-refractivity contribution in [1.29, 1.82) is 0 Å². The minimum Gasteiger partial charge on any atom is -0.361 e. The first-order chi connectivity index (χ1) is 10.3. The number of likely N-dealkylation sites (tertiary alicyclic amines) is 1. The summed E-state index contributed by atoms with van der Waals surface area (Å²) < 4.78 is 13.2. The number of aromatic amines is 1. The van der Waals surface area contributed by atoms with Crippen LogP contribution in [-0.2, 0) is 6.42 Å². The van der Waals surface area contributed by atoms with Crippen LogP contribution in [0.2, 0.25) is 0 Å². The second kappa shape index (κ2) is 6.16. The van der Waals surface area contributed by atoms with Gasteiger partial charge in [0.2, 0.25) is 0 Å². The highest BCUT2D eigenvalue weighted by molar-refractivity contribution is 5.83. The minimum atomic E-state index is -0.205. The van der Waals surface area contributed by atoms with Crippen molar-refractivity contribution in [2.24, 2.45) is 4.99 Å². The third-order valence-electron chi connectivity index (χ3n) is 4.02. The highest BCUT2D eigenvalue weighted by Crippen LogP contribution is 2.19. The molecule has 112 valence electrons. The van der Waals surface area contributed by atoms with Crippen LogP contribution >= 0.6 is 0 Å². The zero-order valence-corrected chi connectivity index (χ0v) is 12.3. The van der Waals surface area contributed by atoms with E-state index in [9.17, 15) is 4.39 Å². The minimum absolute atomic E-state index is 0.205. The number of guanidine groups is 1. The molecule has 1 fully saturated rings. The van der Waals surface area contributed by atoms with Gasteiger partial charge >= 0.3 is 0 Å². The van der Waals surface area contributed by atoms with Crippen LogP contribution in [0.25, 0.3) is 10.9 Å². The fourth-order valence-electron chi connectivity index (χ4n) is 2.94. The standard InChI is InChI=1S/C16H21FN4/c1-18-16(21-8-2-3-9-21)19-7-6-12-11-20-15-10-13(17)4-5-14(12)15/h4-5,10-11,20H,2-3,6-9H2,1H3,(H,18,19). The Morgan fingerprint density at radius 1 is 1.38 bits per heavy atom. The third kappa shape index (κ3) is 3.01. The van der Waals surface area contributed by atoms with Crippen molar-refractivity contribution in [3.8, 4) is 0 Å². The molecule has 2 N–H and O–H groups in total. The number of hydrogen-bond acceptors (Lipinski definition) is 1. The molecule has 1 saturated heterocycles. The predicted molar refractivity (Wildman–Crippen MR) is 84.1 cm³/mol. The Morgan fingerprint density at radius 2 is 2.19 bits per heavy atom. The van der Waals surface area contributed by atoms with E-state index in [-0.39, 0.29) is 5.82 Å². The van der Waals surface area contributed by atoms with Gasteiger partial charge in [-0.15, -0.1) is 0 Å². The average Bonchev–Trinajstić information content (AvgIpc) is 3.13. The Bertz CT molecular complexity index is 641. The highest BCUT2D eigenvalue weighted by Gasteiger charge is 2.15. The van der Waals surface area contributed by atoms with Crippen LogP contribution in [0.3, 0.4) is 0 Å². The molecule has 4 nitrogen and oxygen atoms in total. The number of halogens is 1. The largest absolute Gasteiger partial charge is 0.361 e. The Morgan fingerprint density at radius 3 is 2.95 bits per heavy atom. The van der Waals surface area contributed by atoms with Gasteiger partial charge in [0.1, 0.15) is 5.82 Å². The van der Waals surface area contributed by atoms with Crippen molar-refractivity contribution in [3.05, 3.63) is 35.8 Å².